The maximum absolute atomic E-state index is 13.4. The summed E-state index contributed by atoms with van der Waals surface area (Å²) >= 11 is 5.61. The summed E-state index contributed by atoms with van der Waals surface area (Å²) in [7, 11) is 1.83. The van der Waals surface area contributed by atoms with Crippen molar-refractivity contribution in [3.8, 4) is 5.75 Å². The number of aryl methyl sites for hydroxylation is 1. The second kappa shape index (κ2) is 6.77. The van der Waals surface area contributed by atoms with E-state index in [9.17, 15) is 14.0 Å². The van der Waals surface area contributed by atoms with Gasteiger partial charge >= 0.3 is 0 Å². The lowest BCUT2D eigenvalue weighted by Crippen LogP contribution is -2.78. The van der Waals surface area contributed by atoms with Crippen LogP contribution in [0.2, 0.25) is 5.02 Å². The minimum absolute atomic E-state index is 0.00201. The first-order valence-corrected chi connectivity index (χ1v) is 9.33. The van der Waals surface area contributed by atoms with Crippen LogP contribution in [0.1, 0.15) is 25.0 Å². The van der Waals surface area contributed by atoms with Gasteiger partial charge in [-0.2, -0.15) is 5.10 Å². The van der Waals surface area contributed by atoms with Crippen LogP contribution in [0.3, 0.4) is 0 Å². The Morgan fingerprint density at radius 1 is 1.32 bits per heavy atom. The Hall–Kier alpha value is -2.61. The Morgan fingerprint density at radius 2 is 2.07 bits per heavy atom. The van der Waals surface area contributed by atoms with Gasteiger partial charge in [0, 0.05) is 24.8 Å². The number of amides is 2. The second-order valence-electron chi connectivity index (χ2n) is 7.67. The van der Waals surface area contributed by atoms with E-state index in [1.54, 1.807) is 4.68 Å². The zero-order valence-electron chi connectivity index (χ0n) is 15.3. The van der Waals surface area contributed by atoms with Gasteiger partial charge in [0.2, 0.25) is 5.91 Å². The number of carbonyl (C=O) groups is 2. The standard InChI is InChI=1S/C19H20ClFN4O3/c1-25-5-4-12(24-25)7-22-17(27)18-9-19(10-18,11-18)23-16(26)8-28-13-2-3-14(20)15(21)6-13/h2-6H,7-11H2,1H3,(H,22,27)(H,23,26). The summed E-state index contributed by atoms with van der Waals surface area (Å²) in [5.74, 6) is -0.655. The van der Waals surface area contributed by atoms with E-state index in [0.717, 1.165) is 11.8 Å². The van der Waals surface area contributed by atoms with Crippen molar-refractivity contribution >= 4 is 23.4 Å². The lowest BCUT2D eigenvalue weighted by Gasteiger charge is -2.69. The Bertz CT molecular complexity index is 925. The number of halogens is 2. The SMILES string of the molecule is Cn1ccc(CNC(=O)C23CC(NC(=O)COc4ccc(Cl)c(F)c4)(C2)C3)n1. The highest BCUT2D eigenvalue weighted by Gasteiger charge is 2.72. The van der Waals surface area contributed by atoms with Gasteiger partial charge in [0.05, 0.1) is 22.7 Å². The average molecular weight is 407 g/mol. The van der Waals surface area contributed by atoms with E-state index in [2.05, 4.69) is 15.7 Å². The smallest absolute Gasteiger partial charge is 0.258 e. The second-order valence-corrected chi connectivity index (χ2v) is 8.07. The first kappa shape index (κ1) is 18.7. The maximum Gasteiger partial charge on any atom is 0.258 e. The van der Waals surface area contributed by atoms with Crippen LogP contribution in [0.15, 0.2) is 30.5 Å². The Balaban J connectivity index is 1.21. The normalized spacial score (nSPS) is 24.7. The van der Waals surface area contributed by atoms with E-state index in [1.807, 2.05) is 19.3 Å². The molecule has 1 aromatic heterocycles. The molecule has 0 atom stereocenters. The number of hydrogen-bond acceptors (Lipinski definition) is 4. The number of aromatic nitrogens is 2. The van der Waals surface area contributed by atoms with Crippen molar-refractivity contribution < 1.29 is 18.7 Å². The van der Waals surface area contributed by atoms with Crippen LogP contribution in [0.5, 0.6) is 5.75 Å². The van der Waals surface area contributed by atoms with E-state index in [1.165, 1.54) is 12.1 Å². The minimum Gasteiger partial charge on any atom is -0.484 e. The predicted molar refractivity (Wildman–Crippen MR) is 99.1 cm³/mol. The summed E-state index contributed by atoms with van der Waals surface area (Å²) < 4.78 is 20.4. The molecule has 2 N–H and O–H groups in total. The molecular formula is C19H20ClFN4O3. The molecule has 1 heterocycles. The van der Waals surface area contributed by atoms with Crippen molar-refractivity contribution in [2.24, 2.45) is 12.5 Å². The number of nitrogens with zero attached hydrogens (tertiary/aromatic N) is 2. The quantitative estimate of drug-likeness (QED) is 0.736. The molecule has 3 aliphatic rings. The minimum atomic E-state index is -0.599. The van der Waals surface area contributed by atoms with Crippen LogP contribution in [0, 0.1) is 11.2 Å². The number of nitrogens with one attached hydrogen (secondary N) is 2. The van der Waals surface area contributed by atoms with E-state index in [4.69, 9.17) is 16.3 Å². The first-order valence-electron chi connectivity index (χ1n) is 8.95. The molecule has 0 spiro atoms. The van der Waals surface area contributed by atoms with Crippen LogP contribution in [-0.2, 0) is 23.2 Å². The van der Waals surface area contributed by atoms with Crippen LogP contribution in [-0.4, -0.2) is 33.7 Å². The zero-order valence-corrected chi connectivity index (χ0v) is 16.1. The summed E-state index contributed by atoms with van der Waals surface area (Å²) in [5, 5.41) is 10.1. The molecule has 28 heavy (non-hydrogen) atoms. The summed E-state index contributed by atoms with van der Waals surface area (Å²) in [6.07, 6.45) is 3.69. The topological polar surface area (TPSA) is 85.2 Å². The molecule has 3 fully saturated rings. The van der Waals surface area contributed by atoms with E-state index < -0.39 is 5.82 Å². The summed E-state index contributed by atoms with van der Waals surface area (Å²) in [6.45, 7) is 0.175. The molecular weight excluding hydrogens is 387 g/mol. The van der Waals surface area contributed by atoms with Gasteiger partial charge < -0.3 is 15.4 Å². The number of ether oxygens (including phenoxy) is 1. The molecule has 3 saturated carbocycles. The summed E-state index contributed by atoms with van der Waals surface area (Å²) in [6, 6.07) is 5.87. The molecule has 0 unspecified atom stereocenters. The fourth-order valence-electron chi connectivity index (χ4n) is 4.12. The number of rotatable bonds is 7. The monoisotopic (exact) mass is 406 g/mol. The number of carbonyl (C=O) groups excluding carboxylic acids is 2. The van der Waals surface area contributed by atoms with Crippen LogP contribution in [0.25, 0.3) is 0 Å². The third-order valence-corrected chi connectivity index (χ3v) is 5.68. The van der Waals surface area contributed by atoms with Crippen molar-refractivity contribution in [2.45, 2.75) is 31.3 Å². The van der Waals surface area contributed by atoms with Gasteiger partial charge in [-0.1, -0.05) is 11.6 Å². The van der Waals surface area contributed by atoms with Gasteiger partial charge in [-0.05, 0) is 37.5 Å². The molecule has 1 aromatic carbocycles. The highest BCUT2D eigenvalue weighted by molar-refractivity contribution is 6.30. The molecule has 7 nitrogen and oxygen atoms in total. The molecule has 0 radical (unpaired) electrons. The molecule has 9 heteroatoms. The Kier molecular flexibility index (Phi) is 4.53. The van der Waals surface area contributed by atoms with Crippen LogP contribution in [0.4, 0.5) is 4.39 Å². The molecule has 2 amide bonds. The van der Waals surface area contributed by atoms with Gasteiger partial charge in [-0.15, -0.1) is 0 Å². The lowest BCUT2D eigenvalue weighted by molar-refractivity contribution is -0.184. The molecule has 0 aliphatic heterocycles. The van der Waals surface area contributed by atoms with Crippen molar-refractivity contribution in [2.75, 3.05) is 6.61 Å². The van der Waals surface area contributed by atoms with E-state index >= 15 is 0 Å². The third-order valence-electron chi connectivity index (χ3n) is 5.38. The van der Waals surface area contributed by atoms with Crippen molar-refractivity contribution in [3.63, 3.8) is 0 Å². The van der Waals surface area contributed by atoms with Gasteiger partial charge in [0.1, 0.15) is 11.6 Å². The van der Waals surface area contributed by atoms with E-state index in [-0.39, 0.29) is 40.1 Å². The Labute approximate surface area is 166 Å². The zero-order chi connectivity index (χ0) is 19.9. The number of benzene rings is 1. The highest BCUT2D eigenvalue weighted by atomic mass is 35.5. The molecule has 3 aliphatic carbocycles. The van der Waals surface area contributed by atoms with Gasteiger partial charge in [-0.3, -0.25) is 14.3 Å². The number of hydrogen-bond donors (Lipinski definition) is 2. The summed E-state index contributed by atoms with van der Waals surface area (Å²) in [5.41, 5.74) is 0.0947. The summed E-state index contributed by atoms with van der Waals surface area (Å²) in [4.78, 5) is 24.6. The van der Waals surface area contributed by atoms with Gasteiger partial charge in [-0.25, -0.2) is 4.39 Å². The van der Waals surface area contributed by atoms with Crippen molar-refractivity contribution in [1.29, 1.82) is 0 Å². The molecule has 2 bridgehead atoms. The average Bonchev–Trinajstić information content (AvgIpc) is 3.01. The fourth-order valence-corrected chi connectivity index (χ4v) is 4.24. The maximum atomic E-state index is 13.4. The van der Waals surface area contributed by atoms with Crippen molar-refractivity contribution in [1.82, 2.24) is 20.4 Å². The first-order chi connectivity index (χ1) is 13.3. The predicted octanol–water partition coefficient (Wildman–Crippen LogP) is 1.95. The van der Waals surface area contributed by atoms with Crippen LogP contribution >= 0.6 is 11.6 Å². The van der Waals surface area contributed by atoms with Gasteiger partial charge in [0.25, 0.3) is 5.91 Å². The lowest BCUT2D eigenvalue weighted by atomic mass is 9.39. The highest BCUT2D eigenvalue weighted by Crippen LogP contribution is 2.67. The van der Waals surface area contributed by atoms with Crippen LogP contribution < -0.4 is 15.4 Å². The Morgan fingerprint density at radius 3 is 2.71 bits per heavy atom. The molecule has 148 valence electrons. The van der Waals surface area contributed by atoms with E-state index in [0.29, 0.717) is 25.8 Å². The van der Waals surface area contributed by atoms with Gasteiger partial charge in [0.15, 0.2) is 6.61 Å². The molecule has 2 aromatic rings. The molecule has 0 saturated heterocycles. The van der Waals surface area contributed by atoms with Crippen molar-refractivity contribution in [3.05, 3.63) is 47.0 Å². The fraction of sp³-hybridized carbons (Fsp3) is 0.421. The third kappa shape index (κ3) is 3.44. The largest absolute Gasteiger partial charge is 0.484 e. The molecule has 5 rings (SSSR count).